The number of nitrogens with zero attached hydrogens (tertiary/aromatic N) is 3. The van der Waals surface area contributed by atoms with Crippen LogP contribution in [0.3, 0.4) is 0 Å². The highest BCUT2D eigenvalue weighted by molar-refractivity contribution is 5.23. The van der Waals surface area contributed by atoms with Gasteiger partial charge in [0.2, 0.25) is 0 Å². The fourth-order valence-electron chi connectivity index (χ4n) is 1.74. The second-order valence-corrected chi connectivity index (χ2v) is 3.87. The van der Waals surface area contributed by atoms with E-state index in [-0.39, 0.29) is 5.56 Å². The van der Waals surface area contributed by atoms with Gasteiger partial charge in [-0.2, -0.15) is 0 Å². The molecular weight excluding hydrogens is 216 g/mol. The summed E-state index contributed by atoms with van der Waals surface area (Å²) in [4.78, 5) is 22.9. The second kappa shape index (κ2) is 4.95. The zero-order valence-corrected chi connectivity index (χ0v) is 10.1. The molecule has 0 aromatic carbocycles. The molecule has 90 valence electrons. The lowest BCUT2D eigenvalue weighted by Gasteiger charge is -2.06. The highest BCUT2D eigenvalue weighted by atomic mass is 16.1. The molecule has 0 spiro atoms. The SMILES string of the molecule is CCCc1nccn1-c1cc(=O)[nH]c(CC)n1. The van der Waals surface area contributed by atoms with Crippen LogP contribution in [0.2, 0.25) is 0 Å². The van der Waals surface area contributed by atoms with Crippen molar-refractivity contribution in [1.29, 1.82) is 0 Å². The first kappa shape index (κ1) is 11.6. The number of aromatic amines is 1. The molecule has 5 nitrogen and oxygen atoms in total. The fraction of sp³-hybridized carbons (Fsp3) is 0.417. The predicted molar refractivity (Wildman–Crippen MR) is 65.4 cm³/mol. The topological polar surface area (TPSA) is 63.6 Å². The quantitative estimate of drug-likeness (QED) is 0.868. The molecule has 0 aliphatic carbocycles. The first-order valence-electron chi connectivity index (χ1n) is 5.87. The van der Waals surface area contributed by atoms with E-state index in [0.717, 1.165) is 18.7 Å². The van der Waals surface area contributed by atoms with Crippen LogP contribution in [0.25, 0.3) is 5.82 Å². The molecule has 0 atom stereocenters. The molecule has 1 N–H and O–H groups in total. The van der Waals surface area contributed by atoms with E-state index in [1.54, 1.807) is 6.20 Å². The number of hydrogen-bond donors (Lipinski definition) is 1. The summed E-state index contributed by atoms with van der Waals surface area (Å²) >= 11 is 0. The van der Waals surface area contributed by atoms with Gasteiger partial charge < -0.3 is 4.98 Å². The summed E-state index contributed by atoms with van der Waals surface area (Å²) in [5, 5.41) is 0. The second-order valence-electron chi connectivity index (χ2n) is 3.87. The number of hydrogen-bond acceptors (Lipinski definition) is 3. The lowest BCUT2D eigenvalue weighted by atomic mass is 10.3. The van der Waals surface area contributed by atoms with E-state index in [2.05, 4.69) is 21.9 Å². The van der Waals surface area contributed by atoms with Gasteiger partial charge >= 0.3 is 0 Å². The van der Waals surface area contributed by atoms with Crippen LogP contribution >= 0.6 is 0 Å². The summed E-state index contributed by atoms with van der Waals surface area (Å²) in [6.07, 6.45) is 6.18. The number of imidazole rings is 1. The molecule has 0 unspecified atom stereocenters. The van der Waals surface area contributed by atoms with Crippen molar-refractivity contribution in [1.82, 2.24) is 19.5 Å². The Labute approximate surface area is 99.6 Å². The Hall–Kier alpha value is -1.91. The lowest BCUT2D eigenvalue weighted by molar-refractivity contribution is 0.784. The maximum absolute atomic E-state index is 11.5. The minimum Gasteiger partial charge on any atom is -0.310 e. The van der Waals surface area contributed by atoms with E-state index in [1.165, 1.54) is 6.07 Å². The highest BCUT2D eigenvalue weighted by Crippen LogP contribution is 2.08. The highest BCUT2D eigenvalue weighted by Gasteiger charge is 2.07. The average Bonchev–Trinajstić information content (AvgIpc) is 2.77. The average molecular weight is 232 g/mol. The molecule has 5 heteroatoms. The monoisotopic (exact) mass is 232 g/mol. The largest absolute Gasteiger partial charge is 0.310 e. The number of aryl methyl sites for hydroxylation is 2. The number of H-pyrrole nitrogens is 1. The van der Waals surface area contributed by atoms with Crippen LogP contribution in [0.15, 0.2) is 23.3 Å². The van der Waals surface area contributed by atoms with Crippen molar-refractivity contribution < 1.29 is 0 Å². The molecule has 0 bridgehead atoms. The third kappa shape index (κ3) is 2.43. The summed E-state index contributed by atoms with van der Waals surface area (Å²) in [5.41, 5.74) is -0.122. The van der Waals surface area contributed by atoms with E-state index in [1.807, 2.05) is 17.7 Å². The van der Waals surface area contributed by atoms with E-state index < -0.39 is 0 Å². The Balaban J connectivity index is 2.48. The predicted octanol–water partition coefficient (Wildman–Crippen LogP) is 1.47. The molecule has 0 fully saturated rings. The van der Waals surface area contributed by atoms with Crippen molar-refractivity contribution >= 4 is 0 Å². The zero-order valence-electron chi connectivity index (χ0n) is 10.1. The molecule has 2 aromatic rings. The Morgan fingerprint density at radius 2 is 2.24 bits per heavy atom. The van der Waals surface area contributed by atoms with Crippen LogP contribution in [-0.2, 0) is 12.8 Å². The molecule has 2 aromatic heterocycles. The van der Waals surface area contributed by atoms with Crippen molar-refractivity contribution in [3.05, 3.63) is 40.5 Å². The maximum atomic E-state index is 11.5. The van der Waals surface area contributed by atoms with Gasteiger partial charge in [0.15, 0.2) is 0 Å². The van der Waals surface area contributed by atoms with Crippen LogP contribution < -0.4 is 5.56 Å². The van der Waals surface area contributed by atoms with E-state index >= 15 is 0 Å². The Morgan fingerprint density at radius 3 is 2.94 bits per heavy atom. The molecule has 0 amide bonds. The van der Waals surface area contributed by atoms with E-state index in [9.17, 15) is 4.79 Å². The molecule has 2 rings (SSSR count). The molecule has 2 heterocycles. The molecule has 17 heavy (non-hydrogen) atoms. The third-order valence-corrected chi connectivity index (χ3v) is 2.55. The third-order valence-electron chi connectivity index (χ3n) is 2.55. The van der Waals surface area contributed by atoms with Gasteiger partial charge in [0.1, 0.15) is 17.5 Å². The zero-order chi connectivity index (χ0) is 12.3. The number of aromatic nitrogens is 4. The Bertz CT molecular complexity index is 556. The number of rotatable bonds is 4. The molecule has 0 aliphatic rings. The molecule has 0 radical (unpaired) electrons. The summed E-state index contributed by atoms with van der Waals surface area (Å²) in [5.74, 6) is 2.28. The van der Waals surface area contributed by atoms with Gasteiger partial charge in [0.05, 0.1) is 0 Å². The molecule has 0 aliphatic heterocycles. The van der Waals surface area contributed by atoms with Gasteiger partial charge in [-0.15, -0.1) is 0 Å². The Morgan fingerprint density at radius 1 is 1.41 bits per heavy atom. The minimum atomic E-state index is -0.122. The van der Waals surface area contributed by atoms with Gasteiger partial charge in [-0.25, -0.2) is 9.97 Å². The summed E-state index contributed by atoms with van der Waals surface area (Å²) in [6, 6.07) is 1.50. The molecule has 0 saturated heterocycles. The summed E-state index contributed by atoms with van der Waals surface area (Å²) < 4.78 is 1.87. The van der Waals surface area contributed by atoms with Gasteiger partial charge in [-0.05, 0) is 6.42 Å². The first-order chi connectivity index (χ1) is 8.24. The normalized spacial score (nSPS) is 10.7. The van der Waals surface area contributed by atoms with Crippen LogP contribution in [0.1, 0.15) is 31.9 Å². The standard InChI is InChI=1S/C12H16N4O/c1-3-5-10-13-6-7-16(10)11-8-12(17)15-9(4-2)14-11/h6-8H,3-5H2,1-2H3,(H,14,15,17). The smallest absolute Gasteiger partial charge is 0.253 e. The van der Waals surface area contributed by atoms with Gasteiger partial charge in [0, 0.05) is 31.3 Å². The van der Waals surface area contributed by atoms with Crippen molar-refractivity contribution in [3.63, 3.8) is 0 Å². The van der Waals surface area contributed by atoms with Gasteiger partial charge in [0.25, 0.3) is 5.56 Å². The summed E-state index contributed by atoms with van der Waals surface area (Å²) in [6.45, 7) is 4.06. The van der Waals surface area contributed by atoms with Crippen molar-refractivity contribution in [3.8, 4) is 5.82 Å². The molecule has 0 saturated carbocycles. The van der Waals surface area contributed by atoms with Crippen LogP contribution in [0.4, 0.5) is 0 Å². The van der Waals surface area contributed by atoms with Gasteiger partial charge in [-0.1, -0.05) is 13.8 Å². The van der Waals surface area contributed by atoms with Crippen molar-refractivity contribution in [2.45, 2.75) is 33.1 Å². The van der Waals surface area contributed by atoms with Crippen LogP contribution in [0.5, 0.6) is 0 Å². The lowest BCUT2D eigenvalue weighted by Crippen LogP contribution is -2.14. The van der Waals surface area contributed by atoms with Crippen molar-refractivity contribution in [2.75, 3.05) is 0 Å². The van der Waals surface area contributed by atoms with E-state index in [0.29, 0.717) is 18.1 Å². The first-order valence-corrected chi connectivity index (χ1v) is 5.87. The van der Waals surface area contributed by atoms with Crippen molar-refractivity contribution in [2.24, 2.45) is 0 Å². The molecular formula is C12H16N4O. The van der Waals surface area contributed by atoms with Crippen LogP contribution in [-0.4, -0.2) is 19.5 Å². The van der Waals surface area contributed by atoms with E-state index in [4.69, 9.17) is 0 Å². The Kier molecular flexibility index (Phi) is 3.37. The van der Waals surface area contributed by atoms with Crippen LogP contribution in [0, 0.1) is 0 Å². The summed E-state index contributed by atoms with van der Waals surface area (Å²) in [7, 11) is 0. The number of nitrogens with one attached hydrogen (secondary N) is 1. The minimum absolute atomic E-state index is 0.122. The fourth-order valence-corrected chi connectivity index (χ4v) is 1.74. The maximum Gasteiger partial charge on any atom is 0.253 e. The van der Waals surface area contributed by atoms with Gasteiger partial charge in [-0.3, -0.25) is 9.36 Å².